The van der Waals surface area contributed by atoms with E-state index < -0.39 is 5.97 Å². The Bertz CT molecular complexity index is 525. The first-order valence-electron chi connectivity index (χ1n) is 4.35. The summed E-state index contributed by atoms with van der Waals surface area (Å²) in [5.74, 6) is -0.406. The molecule has 4 heteroatoms. The van der Waals surface area contributed by atoms with Crippen molar-refractivity contribution in [3.63, 3.8) is 0 Å². The standard InChI is InChI=1S/C11H8INO2/c1-15-11(14)10-5-8-7(6-13-10)3-2-4-9(8)12/h2-6H,1H3. The summed E-state index contributed by atoms with van der Waals surface area (Å²) >= 11 is 2.23. The van der Waals surface area contributed by atoms with E-state index in [1.54, 1.807) is 12.3 Å². The van der Waals surface area contributed by atoms with Gasteiger partial charge in [-0.3, -0.25) is 0 Å². The SMILES string of the molecule is COC(=O)c1cc2c(I)cccc2cn1. The van der Waals surface area contributed by atoms with Gasteiger partial charge in [0, 0.05) is 15.2 Å². The Balaban J connectivity index is 2.64. The van der Waals surface area contributed by atoms with Crippen LogP contribution in [0.3, 0.4) is 0 Å². The van der Waals surface area contributed by atoms with Crippen LogP contribution < -0.4 is 0 Å². The highest BCUT2D eigenvalue weighted by Crippen LogP contribution is 2.20. The van der Waals surface area contributed by atoms with Crippen molar-refractivity contribution in [2.75, 3.05) is 7.11 Å². The highest BCUT2D eigenvalue weighted by Gasteiger charge is 2.08. The number of methoxy groups -OCH3 is 1. The smallest absolute Gasteiger partial charge is 0.356 e. The van der Waals surface area contributed by atoms with Gasteiger partial charge >= 0.3 is 5.97 Å². The summed E-state index contributed by atoms with van der Waals surface area (Å²) in [4.78, 5) is 15.3. The van der Waals surface area contributed by atoms with Gasteiger partial charge in [-0.15, -0.1) is 0 Å². The second-order valence-corrected chi connectivity index (χ2v) is 4.18. The summed E-state index contributed by atoms with van der Waals surface area (Å²) in [7, 11) is 1.35. The number of rotatable bonds is 1. The number of fused-ring (bicyclic) bond motifs is 1. The predicted octanol–water partition coefficient (Wildman–Crippen LogP) is 2.63. The van der Waals surface area contributed by atoms with Gasteiger partial charge in [-0.2, -0.15) is 0 Å². The number of aromatic nitrogens is 1. The van der Waals surface area contributed by atoms with Crippen LogP contribution in [0, 0.1) is 3.57 Å². The number of carbonyl (C=O) groups excluding carboxylic acids is 1. The molecule has 3 nitrogen and oxygen atoms in total. The van der Waals surface area contributed by atoms with Crippen molar-refractivity contribution in [3.05, 3.63) is 39.7 Å². The minimum Gasteiger partial charge on any atom is -0.464 e. The molecule has 0 aliphatic rings. The second-order valence-electron chi connectivity index (χ2n) is 3.02. The van der Waals surface area contributed by atoms with Crippen molar-refractivity contribution in [2.24, 2.45) is 0 Å². The summed E-state index contributed by atoms with van der Waals surface area (Å²) in [6.45, 7) is 0. The average molecular weight is 313 g/mol. The maximum absolute atomic E-state index is 11.3. The van der Waals surface area contributed by atoms with Crippen LogP contribution in [-0.2, 0) is 4.74 Å². The zero-order valence-electron chi connectivity index (χ0n) is 8.03. The van der Waals surface area contributed by atoms with Gasteiger partial charge in [0.1, 0.15) is 5.69 Å². The molecule has 0 amide bonds. The fraction of sp³-hybridized carbons (Fsp3) is 0.0909. The molecule has 0 saturated heterocycles. The van der Waals surface area contributed by atoms with E-state index in [4.69, 9.17) is 0 Å². The Hall–Kier alpha value is -1.17. The highest BCUT2D eigenvalue weighted by atomic mass is 127. The van der Waals surface area contributed by atoms with Crippen LogP contribution >= 0.6 is 22.6 Å². The molecule has 1 heterocycles. The molecule has 0 saturated carbocycles. The topological polar surface area (TPSA) is 39.2 Å². The van der Waals surface area contributed by atoms with E-state index in [1.807, 2.05) is 18.2 Å². The number of pyridine rings is 1. The maximum atomic E-state index is 11.3. The molecule has 0 N–H and O–H groups in total. The number of hydrogen-bond donors (Lipinski definition) is 0. The molecule has 0 atom stereocenters. The van der Waals surface area contributed by atoms with Gasteiger partial charge in [-0.25, -0.2) is 9.78 Å². The molecule has 0 aliphatic heterocycles. The lowest BCUT2D eigenvalue weighted by Crippen LogP contribution is -2.03. The molecule has 0 unspecified atom stereocenters. The van der Waals surface area contributed by atoms with Crippen molar-refractivity contribution in [2.45, 2.75) is 0 Å². The van der Waals surface area contributed by atoms with E-state index >= 15 is 0 Å². The normalized spacial score (nSPS) is 10.3. The Kier molecular flexibility index (Phi) is 2.86. The van der Waals surface area contributed by atoms with Gasteiger partial charge in [0.2, 0.25) is 0 Å². The van der Waals surface area contributed by atoms with Crippen LogP contribution in [0.1, 0.15) is 10.5 Å². The third-order valence-electron chi connectivity index (χ3n) is 2.10. The fourth-order valence-corrected chi connectivity index (χ4v) is 2.02. The van der Waals surface area contributed by atoms with E-state index in [0.717, 1.165) is 14.3 Å². The molecule has 0 fully saturated rings. The monoisotopic (exact) mass is 313 g/mol. The quantitative estimate of drug-likeness (QED) is 0.600. The van der Waals surface area contributed by atoms with E-state index in [9.17, 15) is 4.79 Å². The Morgan fingerprint density at radius 1 is 1.47 bits per heavy atom. The van der Waals surface area contributed by atoms with Gasteiger partial charge in [0.05, 0.1) is 7.11 Å². The van der Waals surface area contributed by atoms with Gasteiger partial charge in [-0.05, 0) is 40.1 Å². The molecule has 0 spiro atoms. The molecule has 0 bridgehead atoms. The van der Waals surface area contributed by atoms with Crippen LogP contribution in [0.15, 0.2) is 30.5 Å². The first-order chi connectivity index (χ1) is 7.22. The van der Waals surface area contributed by atoms with E-state index in [0.29, 0.717) is 5.69 Å². The van der Waals surface area contributed by atoms with Crippen LogP contribution in [0.4, 0.5) is 0 Å². The van der Waals surface area contributed by atoms with E-state index in [2.05, 4.69) is 32.3 Å². The predicted molar refractivity (Wildman–Crippen MR) is 65.8 cm³/mol. The minimum absolute atomic E-state index is 0.342. The lowest BCUT2D eigenvalue weighted by Gasteiger charge is -2.02. The van der Waals surface area contributed by atoms with Gasteiger partial charge in [0.25, 0.3) is 0 Å². The molecule has 15 heavy (non-hydrogen) atoms. The summed E-state index contributed by atoms with van der Waals surface area (Å²) in [5, 5.41) is 2.04. The third-order valence-corrected chi connectivity index (χ3v) is 3.05. The van der Waals surface area contributed by atoms with Crippen molar-refractivity contribution in [1.29, 1.82) is 0 Å². The first-order valence-corrected chi connectivity index (χ1v) is 5.43. The summed E-state index contributed by atoms with van der Waals surface area (Å²) in [6.07, 6.45) is 1.68. The molecule has 1 aromatic heterocycles. The van der Waals surface area contributed by atoms with Crippen molar-refractivity contribution < 1.29 is 9.53 Å². The molecule has 76 valence electrons. The Morgan fingerprint density at radius 3 is 3.00 bits per heavy atom. The van der Waals surface area contributed by atoms with Crippen LogP contribution in [0.5, 0.6) is 0 Å². The molecule has 2 rings (SSSR count). The lowest BCUT2D eigenvalue weighted by atomic mass is 10.1. The first kappa shape index (κ1) is 10.4. The number of hydrogen-bond acceptors (Lipinski definition) is 3. The van der Waals surface area contributed by atoms with Gasteiger partial charge < -0.3 is 4.74 Å². The minimum atomic E-state index is -0.406. The number of benzene rings is 1. The number of nitrogens with zero attached hydrogens (tertiary/aromatic N) is 1. The summed E-state index contributed by atoms with van der Waals surface area (Å²) < 4.78 is 5.72. The van der Waals surface area contributed by atoms with Crippen molar-refractivity contribution in [3.8, 4) is 0 Å². The van der Waals surface area contributed by atoms with E-state index in [1.165, 1.54) is 7.11 Å². The number of carbonyl (C=O) groups is 1. The number of esters is 1. The van der Waals surface area contributed by atoms with E-state index in [-0.39, 0.29) is 0 Å². The second kappa shape index (κ2) is 4.14. The maximum Gasteiger partial charge on any atom is 0.356 e. The Labute approximate surface area is 101 Å². The van der Waals surface area contributed by atoms with Crippen LogP contribution in [0.2, 0.25) is 0 Å². The van der Waals surface area contributed by atoms with Gasteiger partial charge in [-0.1, -0.05) is 12.1 Å². The third kappa shape index (κ3) is 1.94. The zero-order chi connectivity index (χ0) is 10.8. The lowest BCUT2D eigenvalue weighted by molar-refractivity contribution is 0.0594. The molecule has 0 aliphatic carbocycles. The average Bonchev–Trinajstić information content (AvgIpc) is 2.28. The fourth-order valence-electron chi connectivity index (χ4n) is 1.35. The van der Waals surface area contributed by atoms with Crippen LogP contribution in [0.25, 0.3) is 10.8 Å². The van der Waals surface area contributed by atoms with Crippen LogP contribution in [-0.4, -0.2) is 18.1 Å². The number of ether oxygens (including phenoxy) is 1. The molecule has 2 aromatic rings. The van der Waals surface area contributed by atoms with Gasteiger partial charge in [0.15, 0.2) is 0 Å². The highest BCUT2D eigenvalue weighted by molar-refractivity contribution is 14.1. The molecular weight excluding hydrogens is 305 g/mol. The zero-order valence-corrected chi connectivity index (χ0v) is 10.2. The largest absolute Gasteiger partial charge is 0.464 e. The summed E-state index contributed by atoms with van der Waals surface area (Å²) in [5.41, 5.74) is 0.342. The molecule has 0 radical (unpaired) electrons. The summed E-state index contributed by atoms with van der Waals surface area (Å²) in [6, 6.07) is 7.67. The van der Waals surface area contributed by atoms with Crippen molar-refractivity contribution in [1.82, 2.24) is 4.98 Å². The molecular formula is C11H8INO2. The van der Waals surface area contributed by atoms with Crippen molar-refractivity contribution >= 4 is 39.3 Å². The number of halogens is 1. The molecule has 1 aromatic carbocycles. The Morgan fingerprint density at radius 2 is 2.27 bits per heavy atom.